The van der Waals surface area contributed by atoms with Gasteiger partial charge in [-0.05, 0) is 57.1 Å². The summed E-state index contributed by atoms with van der Waals surface area (Å²) in [4.78, 5) is 18.8. The van der Waals surface area contributed by atoms with E-state index < -0.39 is 17.3 Å². The molecule has 2 aromatic rings. The standard InChI is InChI=1S/C23H30N2O4/c1-22(28)11-14-29-23(21(22)27)9-12-25(13-10-23)20(26)17-7-4-6-16-15-5-2-3-8-18(15)24-19(16)17/h4,6-7,21,24,27-28H,2-3,5,8-14H2,1H3/t21-,22+/m0/s1. The van der Waals surface area contributed by atoms with Gasteiger partial charge in [-0.3, -0.25) is 4.79 Å². The Morgan fingerprint density at radius 1 is 1.21 bits per heavy atom. The van der Waals surface area contributed by atoms with Crippen LogP contribution in [0.4, 0.5) is 0 Å². The Balaban J connectivity index is 1.38. The van der Waals surface area contributed by atoms with E-state index in [9.17, 15) is 15.0 Å². The van der Waals surface area contributed by atoms with E-state index in [1.54, 1.807) is 6.92 Å². The Morgan fingerprint density at radius 2 is 1.97 bits per heavy atom. The van der Waals surface area contributed by atoms with E-state index in [2.05, 4.69) is 11.1 Å². The van der Waals surface area contributed by atoms with Crippen LogP contribution in [0.1, 0.15) is 60.6 Å². The number of para-hydroxylation sites is 1. The summed E-state index contributed by atoms with van der Waals surface area (Å²) in [6.45, 7) is 3.14. The molecule has 1 spiro atoms. The Bertz CT molecular complexity index is 940. The largest absolute Gasteiger partial charge is 0.387 e. The van der Waals surface area contributed by atoms with Crippen LogP contribution in [0.15, 0.2) is 18.2 Å². The first-order valence-corrected chi connectivity index (χ1v) is 10.9. The van der Waals surface area contributed by atoms with Crippen LogP contribution in [-0.4, -0.2) is 63.0 Å². The number of rotatable bonds is 1. The topological polar surface area (TPSA) is 85.8 Å². The third kappa shape index (κ3) is 3.00. The smallest absolute Gasteiger partial charge is 0.255 e. The van der Waals surface area contributed by atoms with Gasteiger partial charge in [0.15, 0.2) is 0 Å². The third-order valence-corrected chi connectivity index (χ3v) is 7.35. The van der Waals surface area contributed by atoms with Crippen molar-refractivity contribution in [2.24, 2.45) is 0 Å². The van der Waals surface area contributed by atoms with E-state index in [1.807, 2.05) is 17.0 Å². The van der Waals surface area contributed by atoms with Crippen LogP contribution < -0.4 is 0 Å². The number of hydrogen-bond acceptors (Lipinski definition) is 4. The summed E-state index contributed by atoms with van der Waals surface area (Å²) in [5.41, 5.74) is 2.45. The van der Waals surface area contributed by atoms with Crippen LogP contribution >= 0.6 is 0 Å². The molecule has 0 unspecified atom stereocenters. The average molecular weight is 399 g/mol. The van der Waals surface area contributed by atoms with Gasteiger partial charge in [-0.15, -0.1) is 0 Å². The lowest BCUT2D eigenvalue weighted by Crippen LogP contribution is -2.64. The fourth-order valence-electron chi connectivity index (χ4n) is 5.53. The first kappa shape index (κ1) is 19.1. The van der Waals surface area contributed by atoms with E-state index in [-0.39, 0.29) is 5.91 Å². The van der Waals surface area contributed by atoms with E-state index in [0.717, 1.165) is 23.9 Å². The molecule has 1 aliphatic carbocycles. The summed E-state index contributed by atoms with van der Waals surface area (Å²) in [6.07, 6.45) is 5.10. The first-order valence-electron chi connectivity index (χ1n) is 10.9. The predicted molar refractivity (Wildman–Crippen MR) is 110 cm³/mol. The van der Waals surface area contributed by atoms with E-state index in [4.69, 9.17) is 4.74 Å². The maximum atomic E-state index is 13.4. The number of benzene rings is 1. The maximum Gasteiger partial charge on any atom is 0.255 e. The molecule has 2 atom stereocenters. The van der Waals surface area contributed by atoms with Crippen LogP contribution in [0, 0.1) is 0 Å². The minimum absolute atomic E-state index is 0.0288. The molecule has 156 valence electrons. The highest BCUT2D eigenvalue weighted by Gasteiger charge is 2.53. The molecule has 0 saturated carbocycles. The Kier molecular flexibility index (Phi) is 4.49. The van der Waals surface area contributed by atoms with Crippen molar-refractivity contribution in [3.8, 4) is 0 Å². The number of piperidine rings is 1. The van der Waals surface area contributed by atoms with Gasteiger partial charge in [0, 0.05) is 30.6 Å². The van der Waals surface area contributed by atoms with Crippen molar-refractivity contribution < 1.29 is 19.7 Å². The van der Waals surface area contributed by atoms with Crippen molar-refractivity contribution in [1.82, 2.24) is 9.88 Å². The molecule has 1 amide bonds. The zero-order valence-corrected chi connectivity index (χ0v) is 17.0. The number of aliphatic hydroxyl groups is 2. The van der Waals surface area contributed by atoms with Gasteiger partial charge in [-0.1, -0.05) is 12.1 Å². The number of likely N-dealkylation sites (tertiary alicyclic amines) is 1. The molecule has 6 nitrogen and oxygen atoms in total. The van der Waals surface area contributed by atoms with Crippen molar-refractivity contribution in [2.45, 2.75) is 69.2 Å². The summed E-state index contributed by atoms with van der Waals surface area (Å²) < 4.78 is 5.96. The highest BCUT2D eigenvalue weighted by atomic mass is 16.5. The molecule has 3 aliphatic rings. The summed E-state index contributed by atoms with van der Waals surface area (Å²) >= 11 is 0. The average Bonchev–Trinajstić information content (AvgIpc) is 3.11. The monoisotopic (exact) mass is 398 g/mol. The summed E-state index contributed by atoms with van der Waals surface area (Å²) in [7, 11) is 0. The number of H-pyrrole nitrogens is 1. The van der Waals surface area contributed by atoms with Crippen LogP contribution in [0.5, 0.6) is 0 Å². The Hall–Kier alpha value is -1.89. The predicted octanol–water partition coefficient (Wildman–Crippen LogP) is 2.55. The molecule has 1 aromatic heterocycles. The molecule has 5 rings (SSSR count). The molecule has 0 radical (unpaired) electrons. The number of fused-ring (bicyclic) bond motifs is 3. The zero-order valence-electron chi connectivity index (χ0n) is 17.0. The SMILES string of the molecule is C[C@@]1(O)CCOC2(CCN(C(=O)c3cccc4c5c([nH]c34)CCCC5)CC2)[C@H]1O. The Labute approximate surface area is 170 Å². The summed E-state index contributed by atoms with van der Waals surface area (Å²) in [6, 6.07) is 6.01. The van der Waals surface area contributed by atoms with Gasteiger partial charge < -0.3 is 24.8 Å². The van der Waals surface area contributed by atoms with Gasteiger partial charge in [-0.25, -0.2) is 0 Å². The fraction of sp³-hybridized carbons (Fsp3) is 0.609. The normalized spacial score (nSPS) is 29.2. The third-order valence-electron chi connectivity index (χ3n) is 7.35. The molecule has 1 aromatic carbocycles. The first-order chi connectivity index (χ1) is 13.9. The number of carbonyl (C=O) groups excluding carboxylic acids is 1. The lowest BCUT2D eigenvalue weighted by molar-refractivity contribution is -0.244. The van der Waals surface area contributed by atoms with Crippen molar-refractivity contribution >= 4 is 16.8 Å². The van der Waals surface area contributed by atoms with Crippen molar-refractivity contribution in [2.75, 3.05) is 19.7 Å². The summed E-state index contributed by atoms with van der Waals surface area (Å²) in [5, 5.41) is 22.4. The highest BCUT2D eigenvalue weighted by molar-refractivity contribution is 6.06. The second kappa shape index (κ2) is 6.83. The lowest BCUT2D eigenvalue weighted by Gasteiger charge is -2.51. The number of amides is 1. The molecule has 29 heavy (non-hydrogen) atoms. The second-order valence-corrected chi connectivity index (χ2v) is 9.23. The number of carbonyl (C=O) groups is 1. The molecule has 6 heteroatoms. The number of aromatic nitrogens is 1. The van der Waals surface area contributed by atoms with Gasteiger partial charge in [0.25, 0.3) is 5.91 Å². The lowest BCUT2D eigenvalue weighted by atomic mass is 9.75. The quantitative estimate of drug-likeness (QED) is 0.689. The number of aliphatic hydroxyl groups excluding tert-OH is 1. The molecule has 2 fully saturated rings. The van der Waals surface area contributed by atoms with E-state index >= 15 is 0 Å². The minimum Gasteiger partial charge on any atom is -0.387 e. The van der Waals surface area contributed by atoms with Crippen LogP contribution in [-0.2, 0) is 17.6 Å². The maximum absolute atomic E-state index is 13.4. The molecular weight excluding hydrogens is 368 g/mol. The zero-order chi connectivity index (χ0) is 20.2. The number of nitrogens with zero attached hydrogens (tertiary/aromatic N) is 1. The van der Waals surface area contributed by atoms with Gasteiger partial charge >= 0.3 is 0 Å². The van der Waals surface area contributed by atoms with Gasteiger partial charge in [0.1, 0.15) is 11.7 Å². The molecular formula is C23H30N2O4. The van der Waals surface area contributed by atoms with Crippen molar-refractivity contribution in [3.05, 3.63) is 35.0 Å². The van der Waals surface area contributed by atoms with Crippen LogP contribution in [0.2, 0.25) is 0 Å². The van der Waals surface area contributed by atoms with Gasteiger partial charge in [-0.2, -0.15) is 0 Å². The Morgan fingerprint density at radius 3 is 2.76 bits per heavy atom. The van der Waals surface area contributed by atoms with Crippen LogP contribution in [0.3, 0.4) is 0 Å². The number of aromatic amines is 1. The number of aryl methyl sites for hydroxylation is 2. The molecule has 3 heterocycles. The van der Waals surface area contributed by atoms with Crippen molar-refractivity contribution in [1.29, 1.82) is 0 Å². The fourth-order valence-corrected chi connectivity index (χ4v) is 5.53. The summed E-state index contributed by atoms with van der Waals surface area (Å²) in [5.74, 6) is 0.0288. The number of ether oxygens (including phenoxy) is 1. The van der Waals surface area contributed by atoms with Gasteiger partial charge in [0.2, 0.25) is 0 Å². The van der Waals surface area contributed by atoms with Crippen LogP contribution in [0.25, 0.3) is 10.9 Å². The molecule has 3 N–H and O–H groups in total. The molecule has 2 aliphatic heterocycles. The van der Waals surface area contributed by atoms with E-state index in [1.165, 1.54) is 29.5 Å². The second-order valence-electron chi connectivity index (χ2n) is 9.23. The minimum atomic E-state index is -1.14. The molecule has 2 saturated heterocycles. The number of hydrogen-bond donors (Lipinski definition) is 3. The highest BCUT2D eigenvalue weighted by Crippen LogP contribution is 2.40. The van der Waals surface area contributed by atoms with E-state index in [0.29, 0.717) is 39.0 Å². The van der Waals surface area contributed by atoms with Crippen molar-refractivity contribution in [3.63, 3.8) is 0 Å². The molecule has 0 bridgehead atoms. The number of nitrogens with one attached hydrogen (secondary N) is 1. The van der Waals surface area contributed by atoms with Gasteiger partial charge in [0.05, 0.1) is 23.3 Å².